The summed E-state index contributed by atoms with van der Waals surface area (Å²) in [7, 11) is 0. The number of aliphatic hydroxyl groups is 1. The molecule has 4 rings (SSSR count). The molecule has 0 radical (unpaired) electrons. The minimum Gasteiger partial charge on any atom is -0.377 e. The van der Waals surface area contributed by atoms with Gasteiger partial charge in [0.2, 0.25) is 0 Å². The number of aliphatic hydroxyl groups excluding tert-OH is 1. The Labute approximate surface area is 211 Å². The molecule has 1 heterocycles. The van der Waals surface area contributed by atoms with Crippen molar-refractivity contribution < 1.29 is 36.2 Å². The third kappa shape index (κ3) is 6.46. The molecule has 5 nitrogen and oxygen atoms in total. The molecule has 1 aliphatic carbocycles. The van der Waals surface area contributed by atoms with E-state index in [-0.39, 0.29) is 24.3 Å². The molecule has 5 N–H and O–H groups in total. The van der Waals surface area contributed by atoms with Gasteiger partial charge in [-0.2, -0.15) is 26.3 Å². The second kappa shape index (κ2) is 10.2. The number of nitrogens with one attached hydrogen (secondary N) is 2. The van der Waals surface area contributed by atoms with Crippen molar-refractivity contribution in [3.63, 3.8) is 0 Å². The SMILES string of the molecule is C[C@@H](OC[C@@]1(c2ccccc2)CC[C@H](NC(O)C2(N)CC2)CN1)c1cc(C(F)(F)F)cc(C(F)(F)F)c1. The average molecular weight is 532 g/mol. The molecule has 0 bridgehead atoms. The molecule has 0 amide bonds. The smallest absolute Gasteiger partial charge is 0.377 e. The molecule has 0 spiro atoms. The number of hydrogen-bond acceptors (Lipinski definition) is 5. The highest BCUT2D eigenvalue weighted by Gasteiger charge is 2.47. The number of ether oxygens (including phenoxy) is 1. The van der Waals surface area contributed by atoms with E-state index in [2.05, 4.69) is 10.6 Å². The molecule has 0 aromatic heterocycles. The molecule has 1 saturated heterocycles. The summed E-state index contributed by atoms with van der Waals surface area (Å²) in [5.74, 6) is 0. The summed E-state index contributed by atoms with van der Waals surface area (Å²) in [4.78, 5) is 0. The van der Waals surface area contributed by atoms with Gasteiger partial charge in [-0.1, -0.05) is 30.3 Å². The molecule has 2 fully saturated rings. The number of piperidine rings is 1. The summed E-state index contributed by atoms with van der Waals surface area (Å²) in [5.41, 5.74) is 2.68. The van der Waals surface area contributed by atoms with Gasteiger partial charge in [0.15, 0.2) is 0 Å². The van der Waals surface area contributed by atoms with Gasteiger partial charge in [0.1, 0.15) is 6.23 Å². The highest BCUT2D eigenvalue weighted by Crippen LogP contribution is 2.39. The monoisotopic (exact) mass is 531 g/mol. The number of rotatable bonds is 8. The van der Waals surface area contributed by atoms with Crippen LogP contribution in [0.25, 0.3) is 0 Å². The minimum atomic E-state index is -4.93. The lowest BCUT2D eigenvalue weighted by molar-refractivity contribution is -0.143. The van der Waals surface area contributed by atoms with Crippen molar-refractivity contribution >= 4 is 0 Å². The van der Waals surface area contributed by atoms with Crippen molar-refractivity contribution in [3.8, 4) is 0 Å². The standard InChI is InChI=1S/C26H31F6N3O2/c1-16(17-11-19(25(27,28)29)13-20(12-17)26(30,31)32)37-15-24(18-5-3-2-4-6-18)8-7-21(14-34-24)35-22(36)23(33)9-10-23/h2-6,11-13,16,21-22,34-36H,7-10,14-15,33H2,1H3/t16-,21+,22?,24-/m1/s1. The maximum absolute atomic E-state index is 13.3. The van der Waals surface area contributed by atoms with Crippen molar-refractivity contribution in [1.82, 2.24) is 10.6 Å². The maximum Gasteiger partial charge on any atom is 0.416 e. The fourth-order valence-corrected chi connectivity index (χ4v) is 4.67. The van der Waals surface area contributed by atoms with E-state index >= 15 is 0 Å². The van der Waals surface area contributed by atoms with Gasteiger partial charge >= 0.3 is 12.4 Å². The summed E-state index contributed by atoms with van der Waals surface area (Å²) in [6.07, 6.45) is -9.03. The molecule has 1 unspecified atom stereocenters. The molecule has 2 aliphatic rings. The zero-order valence-corrected chi connectivity index (χ0v) is 20.3. The fraction of sp³-hybridized carbons (Fsp3) is 0.538. The van der Waals surface area contributed by atoms with E-state index in [1.807, 2.05) is 30.3 Å². The maximum atomic E-state index is 13.3. The number of nitrogens with two attached hydrogens (primary N) is 1. The number of alkyl halides is 6. The lowest BCUT2D eigenvalue weighted by Gasteiger charge is -2.43. The fourth-order valence-electron chi connectivity index (χ4n) is 4.67. The Hall–Kier alpha value is -2.18. The van der Waals surface area contributed by atoms with Crippen LogP contribution in [0.4, 0.5) is 26.3 Å². The second-order valence-corrected chi connectivity index (χ2v) is 10.2. The Morgan fingerprint density at radius 2 is 1.62 bits per heavy atom. The number of hydrogen-bond donors (Lipinski definition) is 4. The van der Waals surface area contributed by atoms with Crippen molar-refractivity contribution in [2.45, 2.75) is 74.4 Å². The minimum absolute atomic E-state index is 0.0197. The average Bonchev–Trinajstić information content (AvgIpc) is 3.61. The van der Waals surface area contributed by atoms with Gasteiger partial charge in [-0.25, -0.2) is 0 Å². The van der Waals surface area contributed by atoms with Gasteiger partial charge in [0.25, 0.3) is 0 Å². The Morgan fingerprint density at radius 3 is 2.11 bits per heavy atom. The van der Waals surface area contributed by atoms with Crippen molar-refractivity contribution in [2.24, 2.45) is 5.73 Å². The first-order chi connectivity index (χ1) is 17.2. The van der Waals surface area contributed by atoms with Gasteiger partial charge < -0.3 is 20.9 Å². The molecule has 1 aliphatic heterocycles. The Bertz CT molecular complexity index is 1030. The summed E-state index contributed by atoms with van der Waals surface area (Å²) < 4.78 is 85.8. The van der Waals surface area contributed by atoms with Crippen LogP contribution in [0.15, 0.2) is 48.5 Å². The van der Waals surface area contributed by atoms with Crippen LogP contribution in [0, 0.1) is 0 Å². The van der Waals surface area contributed by atoms with Gasteiger partial charge in [-0.15, -0.1) is 0 Å². The summed E-state index contributed by atoms with van der Waals surface area (Å²) in [6.45, 7) is 1.92. The summed E-state index contributed by atoms with van der Waals surface area (Å²) >= 11 is 0. The molecule has 1 saturated carbocycles. The first kappa shape index (κ1) is 27.8. The second-order valence-electron chi connectivity index (χ2n) is 10.2. The molecule has 2 aromatic rings. The Balaban J connectivity index is 1.51. The van der Waals surface area contributed by atoms with E-state index in [1.165, 1.54) is 6.92 Å². The van der Waals surface area contributed by atoms with E-state index in [0.29, 0.717) is 31.5 Å². The van der Waals surface area contributed by atoms with Crippen molar-refractivity contribution in [1.29, 1.82) is 0 Å². The molecular formula is C26H31F6N3O2. The lowest BCUT2D eigenvalue weighted by Crippen LogP contribution is -2.60. The summed E-state index contributed by atoms with van der Waals surface area (Å²) in [6, 6.07) is 10.8. The lowest BCUT2D eigenvalue weighted by atomic mass is 9.81. The first-order valence-corrected chi connectivity index (χ1v) is 12.2. The van der Waals surface area contributed by atoms with Crippen LogP contribution in [-0.2, 0) is 22.6 Å². The molecule has 11 heteroatoms. The van der Waals surface area contributed by atoms with E-state index < -0.39 is 46.9 Å². The molecule has 204 valence electrons. The van der Waals surface area contributed by atoms with Crippen LogP contribution in [0.1, 0.15) is 61.0 Å². The number of halogens is 6. The zero-order chi connectivity index (χ0) is 27.1. The van der Waals surface area contributed by atoms with Crippen molar-refractivity contribution in [3.05, 3.63) is 70.8 Å². The van der Waals surface area contributed by atoms with Crippen LogP contribution >= 0.6 is 0 Å². The van der Waals surface area contributed by atoms with Crippen LogP contribution < -0.4 is 16.4 Å². The molecule has 37 heavy (non-hydrogen) atoms. The van der Waals surface area contributed by atoms with Crippen LogP contribution in [0.2, 0.25) is 0 Å². The van der Waals surface area contributed by atoms with Gasteiger partial charge in [0, 0.05) is 12.6 Å². The van der Waals surface area contributed by atoms with Gasteiger partial charge in [0.05, 0.1) is 34.9 Å². The van der Waals surface area contributed by atoms with E-state index in [4.69, 9.17) is 10.5 Å². The topological polar surface area (TPSA) is 79.5 Å². The predicted molar refractivity (Wildman–Crippen MR) is 125 cm³/mol. The Morgan fingerprint density at radius 1 is 1.03 bits per heavy atom. The third-order valence-electron chi connectivity index (χ3n) is 7.36. The first-order valence-electron chi connectivity index (χ1n) is 12.2. The van der Waals surface area contributed by atoms with Gasteiger partial charge in [-0.3, -0.25) is 5.32 Å². The molecule has 2 aromatic carbocycles. The van der Waals surface area contributed by atoms with Crippen LogP contribution in [0.3, 0.4) is 0 Å². The third-order valence-corrected chi connectivity index (χ3v) is 7.36. The zero-order valence-electron chi connectivity index (χ0n) is 20.3. The normalized spacial score (nSPS) is 25.5. The largest absolute Gasteiger partial charge is 0.416 e. The Kier molecular flexibility index (Phi) is 7.66. The highest BCUT2D eigenvalue weighted by atomic mass is 19.4. The van der Waals surface area contributed by atoms with Crippen LogP contribution in [0.5, 0.6) is 0 Å². The van der Waals surface area contributed by atoms with Crippen molar-refractivity contribution in [2.75, 3.05) is 13.2 Å². The van der Waals surface area contributed by atoms with Gasteiger partial charge in [-0.05, 0) is 61.9 Å². The quantitative estimate of drug-likeness (QED) is 0.290. The molecule has 4 atom stereocenters. The van der Waals surface area contributed by atoms with E-state index in [0.717, 1.165) is 18.4 Å². The van der Waals surface area contributed by atoms with E-state index in [9.17, 15) is 31.4 Å². The highest BCUT2D eigenvalue weighted by molar-refractivity contribution is 5.35. The van der Waals surface area contributed by atoms with Crippen LogP contribution in [-0.4, -0.2) is 36.1 Å². The predicted octanol–water partition coefficient (Wildman–Crippen LogP) is 4.85. The number of benzene rings is 2. The molecular weight excluding hydrogens is 500 g/mol. The van der Waals surface area contributed by atoms with E-state index in [1.54, 1.807) is 0 Å². The summed E-state index contributed by atoms with van der Waals surface area (Å²) in [5, 5.41) is 17.0.